The van der Waals surface area contributed by atoms with Crippen molar-refractivity contribution in [1.29, 1.82) is 0 Å². The third kappa shape index (κ3) is 3.41. The van der Waals surface area contributed by atoms with Gasteiger partial charge in [0.1, 0.15) is 5.82 Å². The van der Waals surface area contributed by atoms with Gasteiger partial charge < -0.3 is 10.3 Å². The molecule has 0 bridgehead atoms. The highest BCUT2D eigenvalue weighted by molar-refractivity contribution is 5.81. The zero-order valence-electron chi connectivity index (χ0n) is 11.4. The number of nitrogens with one attached hydrogen (secondary N) is 2. The lowest BCUT2D eigenvalue weighted by Gasteiger charge is -2.24. The van der Waals surface area contributed by atoms with Crippen LogP contribution < -0.4 is 10.9 Å². The molecular formula is C13H20N4O2. The molecule has 1 aromatic heterocycles. The number of hydrogen-bond donors (Lipinski definition) is 2. The number of amides is 1. The van der Waals surface area contributed by atoms with Gasteiger partial charge in [-0.05, 0) is 19.8 Å². The molecule has 0 saturated carbocycles. The molecule has 0 aliphatic carbocycles. The van der Waals surface area contributed by atoms with Gasteiger partial charge >= 0.3 is 0 Å². The maximum atomic E-state index is 11.8. The van der Waals surface area contributed by atoms with Crippen LogP contribution in [0.15, 0.2) is 10.9 Å². The Morgan fingerprint density at radius 2 is 2.26 bits per heavy atom. The van der Waals surface area contributed by atoms with E-state index in [2.05, 4.69) is 15.3 Å². The van der Waals surface area contributed by atoms with Gasteiger partial charge in [-0.3, -0.25) is 14.5 Å². The molecule has 6 heteroatoms. The second-order valence-electron chi connectivity index (χ2n) is 4.83. The Labute approximate surface area is 112 Å². The van der Waals surface area contributed by atoms with E-state index in [1.54, 1.807) is 0 Å². The van der Waals surface area contributed by atoms with Crippen LogP contribution in [-0.4, -0.2) is 39.9 Å². The first-order chi connectivity index (χ1) is 9.10. The first-order valence-corrected chi connectivity index (χ1v) is 6.71. The number of hydrogen-bond acceptors (Lipinski definition) is 4. The molecule has 2 heterocycles. The van der Waals surface area contributed by atoms with Gasteiger partial charge in [-0.1, -0.05) is 6.92 Å². The first-order valence-electron chi connectivity index (χ1n) is 6.71. The van der Waals surface area contributed by atoms with E-state index < -0.39 is 0 Å². The van der Waals surface area contributed by atoms with Gasteiger partial charge in [-0.15, -0.1) is 0 Å². The maximum absolute atomic E-state index is 11.8. The largest absolute Gasteiger partial charge is 0.355 e. The van der Waals surface area contributed by atoms with Crippen LogP contribution in [0.1, 0.15) is 31.8 Å². The van der Waals surface area contributed by atoms with E-state index in [0.29, 0.717) is 18.9 Å². The van der Waals surface area contributed by atoms with Crippen molar-refractivity contribution in [3.05, 3.63) is 27.9 Å². The minimum absolute atomic E-state index is 0.0338. The fourth-order valence-electron chi connectivity index (χ4n) is 2.23. The van der Waals surface area contributed by atoms with Crippen molar-refractivity contribution in [3.8, 4) is 0 Å². The van der Waals surface area contributed by atoms with Gasteiger partial charge in [-0.25, -0.2) is 4.98 Å². The fraction of sp³-hybridized carbons (Fsp3) is 0.615. The molecule has 1 saturated heterocycles. The van der Waals surface area contributed by atoms with Gasteiger partial charge in [0.25, 0.3) is 5.56 Å². The van der Waals surface area contributed by atoms with Gasteiger partial charge in [0.15, 0.2) is 0 Å². The Bertz CT molecular complexity index is 512. The zero-order valence-corrected chi connectivity index (χ0v) is 11.4. The summed E-state index contributed by atoms with van der Waals surface area (Å²) in [7, 11) is 0. The molecule has 2 N–H and O–H groups in total. The van der Waals surface area contributed by atoms with Crippen molar-refractivity contribution in [2.75, 3.05) is 13.1 Å². The highest BCUT2D eigenvalue weighted by atomic mass is 16.2. The van der Waals surface area contributed by atoms with Crippen molar-refractivity contribution in [3.63, 3.8) is 0 Å². The molecule has 0 spiro atoms. The molecule has 1 aromatic rings. The van der Waals surface area contributed by atoms with E-state index in [1.165, 1.54) is 6.07 Å². The van der Waals surface area contributed by atoms with Crippen molar-refractivity contribution in [2.45, 2.75) is 39.3 Å². The minimum atomic E-state index is -0.196. The summed E-state index contributed by atoms with van der Waals surface area (Å²) in [5.74, 6) is 0.664. The molecule has 1 fully saturated rings. The van der Waals surface area contributed by atoms with Crippen LogP contribution in [0.4, 0.5) is 0 Å². The lowest BCUT2D eigenvalue weighted by atomic mass is 10.2. The highest BCUT2D eigenvalue weighted by Gasteiger charge is 2.24. The van der Waals surface area contributed by atoms with E-state index >= 15 is 0 Å². The van der Waals surface area contributed by atoms with E-state index in [0.717, 1.165) is 25.1 Å². The van der Waals surface area contributed by atoms with Crippen molar-refractivity contribution in [2.24, 2.45) is 0 Å². The molecule has 0 radical (unpaired) electrons. The van der Waals surface area contributed by atoms with Crippen LogP contribution in [-0.2, 0) is 17.8 Å². The first kappa shape index (κ1) is 13.7. The molecule has 19 heavy (non-hydrogen) atoms. The summed E-state index contributed by atoms with van der Waals surface area (Å²) in [6.07, 6.45) is 1.64. The zero-order chi connectivity index (χ0) is 13.8. The van der Waals surface area contributed by atoms with E-state index in [4.69, 9.17) is 0 Å². The second kappa shape index (κ2) is 5.97. The van der Waals surface area contributed by atoms with Crippen LogP contribution in [0.5, 0.6) is 0 Å². The third-order valence-corrected chi connectivity index (χ3v) is 3.41. The van der Waals surface area contributed by atoms with Crippen LogP contribution in [0.25, 0.3) is 0 Å². The average molecular weight is 264 g/mol. The van der Waals surface area contributed by atoms with Gasteiger partial charge in [0.05, 0.1) is 12.6 Å². The summed E-state index contributed by atoms with van der Waals surface area (Å²) in [6, 6.07) is 1.32. The van der Waals surface area contributed by atoms with Gasteiger partial charge in [0, 0.05) is 24.8 Å². The standard InChI is InChI=1S/C13H20N4O2/c1-3-10-7-12(18)16-11(15-10)8-17-6-4-5-14-13(19)9(17)2/h7,9H,3-6,8H2,1-2H3,(H,14,19)(H,15,16,18)/t9-/m0/s1. The lowest BCUT2D eigenvalue weighted by Crippen LogP contribution is -2.42. The summed E-state index contributed by atoms with van der Waals surface area (Å²) in [4.78, 5) is 32.5. The summed E-state index contributed by atoms with van der Waals surface area (Å²) >= 11 is 0. The lowest BCUT2D eigenvalue weighted by molar-refractivity contribution is -0.125. The van der Waals surface area contributed by atoms with Crippen LogP contribution in [0.2, 0.25) is 0 Å². The topological polar surface area (TPSA) is 78.1 Å². The Morgan fingerprint density at radius 1 is 1.47 bits per heavy atom. The number of rotatable bonds is 3. The number of nitrogens with zero attached hydrogens (tertiary/aromatic N) is 2. The van der Waals surface area contributed by atoms with E-state index in [-0.39, 0.29) is 17.5 Å². The quantitative estimate of drug-likeness (QED) is 0.808. The summed E-state index contributed by atoms with van der Waals surface area (Å²) < 4.78 is 0. The monoisotopic (exact) mass is 264 g/mol. The Kier molecular flexibility index (Phi) is 4.31. The number of aryl methyl sites for hydroxylation is 1. The molecule has 1 aliphatic heterocycles. The summed E-state index contributed by atoms with van der Waals surface area (Å²) in [5.41, 5.74) is 0.652. The molecule has 2 rings (SSSR count). The Morgan fingerprint density at radius 3 is 3.00 bits per heavy atom. The Hall–Kier alpha value is -1.69. The van der Waals surface area contributed by atoms with Gasteiger partial charge in [-0.2, -0.15) is 0 Å². The van der Waals surface area contributed by atoms with E-state index in [9.17, 15) is 9.59 Å². The number of carbonyl (C=O) groups is 1. The number of H-pyrrole nitrogens is 1. The summed E-state index contributed by atoms with van der Waals surface area (Å²) in [6.45, 7) is 5.87. The SMILES string of the molecule is CCc1cc(=O)[nH]c(CN2CCCNC(=O)[C@@H]2C)n1. The minimum Gasteiger partial charge on any atom is -0.355 e. The molecule has 0 unspecified atom stereocenters. The number of carbonyl (C=O) groups excluding carboxylic acids is 1. The highest BCUT2D eigenvalue weighted by Crippen LogP contribution is 2.08. The normalized spacial score (nSPS) is 20.9. The molecule has 1 atom stereocenters. The van der Waals surface area contributed by atoms with E-state index in [1.807, 2.05) is 18.7 Å². The van der Waals surface area contributed by atoms with Crippen LogP contribution in [0.3, 0.4) is 0 Å². The molecule has 104 valence electrons. The molecular weight excluding hydrogens is 244 g/mol. The van der Waals surface area contributed by atoms with Crippen LogP contribution in [0, 0.1) is 0 Å². The molecule has 6 nitrogen and oxygen atoms in total. The predicted octanol–water partition coefficient (Wildman–Crippen LogP) is 0.0427. The average Bonchev–Trinajstić information content (AvgIpc) is 2.54. The smallest absolute Gasteiger partial charge is 0.251 e. The summed E-state index contributed by atoms with van der Waals surface area (Å²) in [5, 5.41) is 2.87. The third-order valence-electron chi connectivity index (χ3n) is 3.41. The van der Waals surface area contributed by atoms with Crippen molar-refractivity contribution < 1.29 is 4.79 Å². The molecule has 1 aliphatic rings. The van der Waals surface area contributed by atoms with Gasteiger partial charge in [0.2, 0.25) is 5.91 Å². The van der Waals surface area contributed by atoms with Crippen LogP contribution >= 0.6 is 0 Å². The second-order valence-corrected chi connectivity index (χ2v) is 4.83. The van der Waals surface area contributed by atoms with Crippen molar-refractivity contribution in [1.82, 2.24) is 20.2 Å². The fourth-order valence-corrected chi connectivity index (χ4v) is 2.23. The Balaban J connectivity index is 2.17. The maximum Gasteiger partial charge on any atom is 0.251 e. The predicted molar refractivity (Wildman–Crippen MR) is 71.7 cm³/mol. The molecule has 0 aromatic carbocycles. The number of aromatic nitrogens is 2. The van der Waals surface area contributed by atoms with Crippen molar-refractivity contribution >= 4 is 5.91 Å². The number of aromatic amines is 1. The molecule has 1 amide bonds.